The van der Waals surface area contributed by atoms with Crippen LogP contribution >= 0.6 is 15.6 Å². The van der Waals surface area contributed by atoms with Crippen LogP contribution in [-0.4, -0.2) is 88.4 Å². The molecule has 19 nitrogen and oxygen atoms in total. The van der Waals surface area contributed by atoms with Gasteiger partial charge in [-0.15, -0.1) is 5.10 Å². The Labute approximate surface area is 251 Å². The number of hydrogen-bond acceptors (Lipinski definition) is 14. The Morgan fingerprint density at radius 3 is 2.62 bits per heavy atom. The first-order valence-electron chi connectivity index (χ1n) is 13.6. The van der Waals surface area contributed by atoms with Gasteiger partial charge >= 0.3 is 15.6 Å². The quantitative estimate of drug-likeness (QED) is 0.222. The third kappa shape index (κ3) is 5.41. The van der Waals surface area contributed by atoms with Gasteiger partial charge in [-0.25, -0.2) is 33.2 Å². The SMILES string of the molecule is NC(=O)c1cccc2c1nnn2[C@@H]1O[C@@H]2COP(=O)(O)OC[C@@H]3[C@@H](COP(=O)(O)O[C@@H]1[C@@H]2F)C[C@H]3n1cnc2c(N)ncnc21. The number of imidazole rings is 1. The molecular formula is C23H26FN9O10P2. The number of carbonyl (C=O) groups excluding carboxylic acids is 1. The number of alkyl halides is 1. The van der Waals surface area contributed by atoms with E-state index in [9.17, 15) is 23.7 Å². The molecule has 9 atom stereocenters. The number of nitrogens with two attached hydrogens (primary N) is 2. The fourth-order valence-corrected chi connectivity index (χ4v) is 7.64. The van der Waals surface area contributed by atoms with E-state index in [1.807, 2.05) is 0 Å². The van der Waals surface area contributed by atoms with Crippen LogP contribution in [0.15, 0.2) is 30.9 Å². The Bertz CT molecular complexity index is 1890. The zero-order chi connectivity index (χ0) is 31.7. The zero-order valence-corrected chi connectivity index (χ0v) is 24.8. The first-order chi connectivity index (χ1) is 21.4. The van der Waals surface area contributed by atoms with Crippen molar-refractivity contribution in [2.45, 2.75) is 37.1 Å². The van der Waals surface area contributed by atoms with E-state index >= 15 is 4.39 Å². The number of halogens is 1. The van der Waals surface area contributed by atoms with E-state index in [2.05, 4.69) is 25.3 Å². The molecule has 240 valence electrons. The van der Waals surface area contributed by atoms with E-state index in [-0.39, 0.29) is 41.7 Å². The molecule has 4 aromatic rings. The van der Waals surface area contributed by atoms with Crippen LogP contribution in [0.4, 0.5) is 10.2 Å². The summed E-state index contributed by atoms with van der Waals surface area (Å²) in [5.41, 5.74) is 12.4. The molecule has 1 amide bonds. The predicted octanol–water partition coefficient (Wildman–Crippen LogP) is 1.01. The largest absolute Gasteiger partial charge is 0.472 e. The molecule has 22 heteroatoms. The summed E-state index contributed by atoms with van der Waals surface area (Å²) in [6, 6.07) is 4.00. The van der Waals surface area contributed by atoms with Gasteiger partial charge in [-0.2, -0.15) is 0 Å². The first kappa shape index (κ1) is 30.2. The Morgan fingerprint density at radius 2 is 1.82 bits per heavy atom. The smallest absolute Gasteiger partial charge is 0.382 e. The second-order valence-corrected chi connectivity index (χ2v) is 13.6. The molecule has 1 saturated carbocycles. The molecule has 3 fully saturated rings. The third-order valence-electron chi connectivity index (χ3n) is 8.20. The summed E-state index contributed by atoms with van der Waals surface area (Å²) in [4.78, 5) is 45.4. The summed E-state index contributed by atoms with van der Waals surface area (Å²) in [7, 11) is -9.71. The van der Waals surface area contributed by atoms with Crippen molar-refractivity contribution in [3.05, 3.63) is 36.4 Å². The number of hydrogen-bond donors (Lipinski definition) is 4. The van der Waals surface area contributed by atoms with Gasteiger partial charge in [0.15, 0.2) is 23.9 Å². The van der Waals surface area contributed by atoms with E-state index in [1.54, 1.807) is 4.57 Å². The number of carbonyl (C=O) groups is 1. The fourth-order valence-electron chi connectivity index (χ4n) is 5.90. The minimum absolute atomic E-state index is 0.0202. The minimum atomic E-state index is -4.95. The summed E-state index contributed by atoms with van der Waals surface area (Å²) >= 11 is 0. The van der Waals surface area contributed by atoms with Gasteiger partial charge in [0.05, 0.1) is 37.2 Å². The molecule has 1 aromatic carbocycles. The summed E-state index contributed by atoms with van der Waals surface area (Å²) in [6.07, 6.45) is -4.01. The van der Waals surface area contributed by atoms with Crippen molar-refractivity contribution >= 4 is 49.6 Å². The number of benzene rings is 1. The lowest BCUT2D eigenvalue weighted by molar-refractivity contribution is -0.0561. The predicted molar refractivity (Wildman–Crippen MR) is 148 cm³/mol. The van der Waals surface area contributed by atoms with Gasteiger partial charge in [-0.1, -0.05) is 11.3 Å². The normalized spacial score (nSPS) is 35.9. The van der Waals surface area contributed by atoms with E-state index in [1.165, 1.54) is 30.9 Å². The topological polar surface area (TPSA) is 264 Å². The molecule has 0 radical (unpaired) electrons. The van der Waals surface area contributed by atoms with E-state index in [0.717, 1.165) is 4.68 Å². The van der Waals surface area contributed by atoms with Crippen LogP contribution in [0.25, 0.3) is 22.2 Å². The van der Waals surface area contributed by atoms with Crippen molar-refractivity contribution in [2.75, 3.05) is 25.6 Å². The molecule has 6 N–H and O–H groups in total. The number of anilines is 1. The monoisotopic (exact) mass is 669 g/mol. The average Bonchev–Trinajstić information content (AvgIpc) is 3.67. The number of nitrogen functional groups attached to an aromatic ring is 1. The fraction of sp³-hybridized carbons (Fsp3) is 0.478. The van der Waals surface area contributed by atoms with Gasteiger partial charge in [0.1, 0.15) is 29.6 Å². The van der Waals surface area contributed by atoms with Gasteiger partial charge in [0, 0.05) is 12.0 Å². The maximum atomic E-state index is 15.8. The zero-order valence-electron chi connectivity index (χ0n) is 23.0. The highest BCUT2D eigenvalue weighted by Crippen LogP contribution is 2.55. The van der Waals surface area contributed by atoms with Gasteiger partial charge < -0.3 is 30.6 Å². The van der Waals surface area contributed by atoms with Gasteiger partial charge in [-0.3, -0.25) is 22.9 Å². The Morgan fingerprint density at radius 1 is 1.04 bits per heavy atom. The van der Waals surface area contributed by atoms with Crippen LogP contribution in [0.2, 0.25) is 0 Å². The second kappa shape index (κ2) is 11.1. The number of amides is 1. The number of nitrogens with zero attached hydrogens (tertiary/aromatic N) is 7. The van der Waals surface area contributed by atoms with Gasteiger partial charge in [-0.05, 0) is 24.5 Å². The van der Waals surface area contributed by atoms with Crippen LogP contribution in [0.3, 0.4) is 0 Å². The van der Waals surface area contributed by atoms with Crippen molar-refractivity contribution in [2.24, 2.45) is 17.6 Å². The number of primary amides is 1. The van der Waals surface area contributed by atoms with Crippen LogP contribution < -0.4 is 11.5 Å². The molecule has 0 spiro atoms. The molecule has 2 saturated heterocycles. The number of aromatic nitrogens is 7. The Kier molecular flexibility index (Phi) is 7.46. The van der Waals surface area contributed by atoms with Gasteiger partial charge in [0.2, 0.25) is 0 Å². The highest BCUT2D eigenvalue weighted by atomic mass is 31.2. The summed E-state index contributed by atoms with van der Waals surface area (Å²) < 4.78 is 71.3. The first-order valence-corrected chi connectivity index (χ1v) is 16.6. The number of rotatable bonds is 3. The molecule has 3 aliphatic rings. The summed E-state index contributed by atoms with van der Waals surface area (Å²) in [5.74, 6) is -1.65. The van der Waals surface area contributed by atoms with Crippen molar-refractivity contribution in [1.29, 1.82) is 0 Å². The lowest BCUT2D eigenvalue weighted by Crippen LogP contribution is -2.43. The Hall–Kier alpha value is -3.45. The average molecular weight is 669 g/mol. The summed E-state index contributed by atoms with van der Waals surface area (Å²) in [6.45, 7) is -1.50. The number of fused-ring (bicyclic) bond motifs is 5. The second-order valence-electron chi connectivity index (χ2n) is 10.8. The molecule has 1 aliphatic carbocycles. The molecule has 5 heterocycles. The molecule has 3 aromatic heterocycles. The standard InChI is InChI=1S/C23H26FN9O10P2/c24-16-15-7-41-44(35,36)40-6-12-10(4-14(12)32-9-29-18-20(25)27-8-28-22(18)32)5-39-45(37,38)43-19(16)23(42-15)33-13-3-1-2-11(21(26)34)17(13)30-31-33/h1-3,8-10,12,14-16,19,23H,4-7H2,(H2,26,34)(H,35,36)(H,37,38)(H2,25,27,28)/t10-,12-,14-,15-,16-,19-,23-/m1/s1. The number of phosphoric acid groups is 2. The third-order valence-corrected chi connectivity index (χ3v) is 10.1. The van der Waals surface area contributed by atoms with Crippen LogP contribution in [-0.2, 0) is 32.0 Å². The lowest BCUT2D eigenvalue weighted by atomic mass is 9.70. The number of phosphoric ester groups is 2. The highest BCUT2D eigenvalue weighted by Gasteiger charge is 2.53. The minimum Gasteiger partial charge on any atom is -0.382 e. The number of ether oxygens (including phenoxy) is 1. The molecule has 2 bridgehead atoms. The van der Waals surface area contributed by atoms with E-state index in [4.69, 9.17) is 34.3 Å². The van der Waals surface area contributed by atoms with Crippen LogP contribution in [0, 0.1) is 11.8 Å². The molecule has 45 heavy (non-hydrogen) atoms. The molecule has 2 aliphatic heterocycles. The van der Waals surface area contributed by atoms with Gasteiger partial charge in [0.25, 0.3) is 5.91 Å². The molecular weight excluding hydrogens is 643 g/mol. The van der Waals surface area contributed by atoms with Crippen molar-refractivity contribution in [3.63, 3.8) is 0 Å². The maximum Gasteiger partial charge on any atom is 0.472 e. The van der Waals surface area contributed by atoms with Crippen molar-refractivity contribution < 1.29 is 50.9 Å². The molecule has 7 rings (SSSR count). The van der Waals surface area contributed by atoms with Crippen LogP contribution in [0.5, 0.6) is 0 Å². The van der Waals surface area contributed by atoms with Crippen LogP contribution in [0.1, 0.15) is 29.0 Å². The van der Waals surface area contributed by atoms with Crippen molar-refractivity contribution in [1.82, 2.24) is 34.5 Å². The lowest BCUT2D eigenvalue weighted by Gasteiger charge is -2.45. The summed E-state index contributed by atoms with van der Waals surface area (Å²) in [5, 5.41) is 7.87. The van der Waals surface area contributed by atoms with E-state index in [0.29, 0.717) is 17.6 Å². The maximum absolute atomic E-state index is 15.8. The Balaban J connectivity index is 1.18. The van der Waals surface area contributed by atoms with Crippen molar-refractivity contribution in [3.8, 4) is 0 Å². The van der Waals surface area contributed by atoms with E-state index < -0.39 is 64.6 Å². The highest BCUT2D eigenvalue weighted by molar-refractivity contribution is 7.47. The molecule has 2 unspecified atom stereocenters.